The highest BCUT2D eigenvalue weighted by Gasteiger charge is 2.41. The van der Waals surface area contributed by atoms with Crippen LogP contribution in [0.4, 0.5) is 4.39 Å². The number of hydrogen-bond donors (Lipinski definition) is 0. The topological polar surface area (TPSA) is 47.9 Å². The van der Waals surface area contributed by atoms with Crippen molar-refractivity contribution in [3.8, 4) is 11.5 Å². The number of ether oxygens (including phenoxy) is 2. The van der Waals surface area contributed by atoms with Crippen LogP contribution in [0.3, 0.4) is 0 Å². The summed E-state index contributed by atoms with van der Waals surface area (Å²) in [4.78, 5) is 14.7. The minimum Gasteiger partial charge on any atom is -0.493 e. The average molecular weight is 344 g/mol. The van der Waals surface area contributed by atoms with Gasteiger partial charge in [-0.05, 0) is 28.8 Å². The second kappa shape index (κ2) is 5.94. The van der Waals surface area contributed by atoms with E-state index in [4.69, 9.17) is 9.47 Å². The van der Waals surface area contributed by atoms with Gasteiger partial charge in [0.1, 0.15) is 11.4 Å². The number of aliphatic imine (C=N–C) groups is 1. The molecule has 0 unspecified atom stereocenters. The molecule has 2 rings (SSSR count). The molecule has 0 bridgehead atoms. The Morgan fingerprint density at radius 3 is 2.50 bits per heavy atom. The van der Waals surface area contributed by atoms with E-state index >= 15 is 0 Å². The molecule has 1 aromatic carbocycles. The van der Waals surface area contributed by atoms with Crippen molar-refractivity contribution in [2.75, 3.05) is 14.2 Å². The van der Waals surface area contributed by atoms with Crippen molar-refractivity contribution in [2.45, 2.75) is 31.2 Å². The smallest absolute Gasteiger partial charge is 0.235 e. The first-order valence-corrected chi connectivity index (χ1v) is 7.08. The molecule has 1 aliphatic rings. The third-order valence-corrected chi connectivity index (χ3v) is 4.48. The van der Waals surface area contributed by atoms with Gasteiger partial charge in [-0.25, -0.2) is 9.18 Å². The van der Waals surface area contributed by atoms with Gasteiger partial charge in [0.25, 0.3) is 0 Å². The van der Waals surface area contributed by atoms with Crippen LogP contribution in [0.25, 0.3) is 0 Å². The van der Waals surface area contributed by atoms with Gasteiger partial charge in [-0.3, -0.25) is 0 Å². The van der Waals surface area contributed by atoms with Crippen molar-refractivity contribution < 1.29 is 18.7 Å². The Labute approximate surface area is 125 Å². The van der Waals surface area contributed by atoms with Crippen LogP contribution in [-0.4, -0.2) is 20.3 Å². The van der Waals surface area contributed by atoms with Gasteiger partial charge in [-0.2, -0.15) is 4.99 Å². The van der Waals surface area contributed by atoms with Gasteiger partial charge >= 0.3 is 0 Å². The van der Waals surface area contributed by atoms with E-state index in [-0.39, 0.29) is 0 Å². The molecule has 20 heavy (non-hydrogen) atoms. The lowest BCUT2D eigenvalue weighted by Gasteiger charge is -2.26. The van der Waals surface area contributed by atoms with Crippen LogP contribution in [0.1, 0.15) is 31.2 Å². The minimum absolute atomic E-state index is 0.295. The molecule has 6 heteroatoms. The molecule has 1 saturated carbocycles. The number of rotatable bonds is 4. The lowest BCUT2D eigenvalue weighted by Crippen LogP contribution is -2.22. The SMILES string of the molecule is COc1cc(F)c(C2(N=C=O)CCCC2)c(Br)c1OC. The first-order chi connectivity index (χ1) is 9.59. The number of benzene rings is 1. The van der Waals surface area contributed by atoms with Crippen molar-refractivity contribution in [3.05, 3.63) is 21.9 Å². The monoisotopic (exact) mass is 343 g/mol. The molecule has 1 aliphatic carbocycles. The van der Waals surface area contributed by atoms with Gasteiger partial charge in [-0.1, -0.05) is 12.8 Å². The highest BCUT2D eigenvalue weighted by atomic mass is 79.9. The van der Waals surface area contributed by atoms with Gasteiger partial charge in [0.05, 0.1) is 18.7 Å². The lowest BCUT2D eigenvalue weighted by atomic mass is 9.88. The molecule has 0 aromatic heterocycles. The largest absolute Gasteiger partial charge is 0.493 e. The Morgan fingerprint density at radius 2 is 2.00 bits per heavy atom. The van der Waals surface area contributed by atoms with E-state index in [1.807, 2.05) is 0 Å². The lowest BCUT2D eigenvalue weighted by molar-refractivity contribution is 0.344. The molecule has 0 N–H and O–H groups in total. The van der Waals surface area contributed by atoms with Crippen molar-refractivity contribution in [2.24, 2.45) is 4.99 Å². The Hall–Kier alpha value is -1.39. The van der Waals surface area contributed by atoms with Crippen molar-refractivity contribution in [3.63, 3.8) is 0 Å². The molecule has 0 spiro atoms. The molecule has 1 aromatic rings. The molecule has 1 fully saturated rings. The summed E-state index contributed by atoms with van der Waals surface area (Å²) >= 11 is 3.36. The number of hydrogen-bond acceptors (Lipinski definition) is 4. The summed E-state index contributed by atoms with van der Waals surface area (Å²) < 4.78 is 25.3. The van der Waals surface area contributed by atoms with E-state index in [2.05, 4.69) is 20.9 Å². The molecule has 0 saturated heterocycles. The number of isocyanates is 1. The zero-order valence-electron chi connectivity index (χ0n) is 11.3. The number of halogens is 2. The zero-order chi connectivity index (χ0) is 14.8. The molecule has 0 atom stereocenters. The summed E-state index contributed by atoms with van der Waals surface area (Å²) in [7, 11) is 2.92. The predicted molar refractivity (Wildman–Crippen MR) is 75.5 cm³/mol. The molecular formula is C14H15BrFNO3. The van der Waals surface area contributed by atoms with Crippen LogP contribution in [0.15, 0.2) is 15.5 Å². The van der Waals surface area contributed by atoms with Crippen LogP contribution in [0.5, 0.6) is 11.5 Å². The summed E-state index contributed by atoms with van der Waals surface area (Å²) in [5.41, 5.74) is -0.513. The van der Waals surface area contributed by atoms with Crippen LogP contribution in [-0.2, 0) is 10.3 Å². The Morgan fingerprint density at radius 1 is 1.35 bits per heavy atom. The molecule has 0 amide bonds. The van der Waals surface area contributed by atoms with E-state index in [0.29, 0.717) is 34.4 Å². The maximum Gasteiger partial charge on any atom is 0.235 e. The fraction of sp³-hybridized carbons (Fsp3) is 0.500. The average Bonchev–Trinajstić information content (AvgIpc) is 2.87. The molecule has 0 heterocycles. The maximum atomic E-state index is 14.5. The predicted octanol–water partition coefficient (Wildman–Crippen LogP) is 3.71. The Bertz CT molecular complexity index is 564. The van der Waals surface area contributed by atoms with Crippen LogP contribution >= 0.6 is 15.9 Å². The Balaban J connectivity index is 2.70. The summed E-state index contributed by atoms with van der Waals surface area (Å²) in [6.45, 7) is 0. The second-order valence-electron chi connectivity index (χ2n) is 4.72. The summed E-state index contributed by atoms with van der Waals surface area (Å²) in [6.07, 6.45) is 4.61. The summed E-state index contributed by atoms with van der Waals surface area (Å²) in [6, 6.07) is 1.26. The first kappa shape index (κ1) is 15.0. The molecule has 4 nitrogen and oxygen atoms in total. The third-order valence-electron chi connectivity index (χ3n) is 3.72. The van der Waals surface area contributed by atoms with Crippen molar-refractivity contribution >= 4 is 22.0 Å². The highest BCUT2D eigenvalue weighted by molar-refractivity contribution is 9.10. The fourth-order valence-electron chi connectivity index (χ4n) is 2.81. The van der Waals surface area contributed by atoms with E-state index in [0.717, 1.165) is 12.8 Å². The highest BCUT2D eigenvalue weighted by Crippen LogP contribution is 2.50. The standard InChI is InChI=1S/C14H15BrFNO3/c1-19-10-7-9(16)11(12(15)13(10)20-2)14(17-8-18)5-3-4-6-14/h7H,3-6H2,1-2H3. The van der Waals surface area contributed by atoms with Gasteiger partial charge in [-0.15, -0.1) is 0 Å². The van der Waals surface area contributed by atoms with Crippen LogP contribution in [0.2, 0.25) is 0 Å². The van der Waals surface area contributed by atoms with Crippen molar-refractivity contribution in [1.82, 2.24) is 0 Å². The van der Waals surface area contributed by atoms with Crippen LogP contribution in [0, 0.1) is 5.82 Å². The van der Waals surface area contributed by atoms with Gasteiger partial charge in [0.2, 0.25) is 6.08 Å². The van der Waals surface area contributed by atoms with E-state index in [1.54, 1.807) is 6.08 Å². The zero-order valence-corrected chi connectivity index (χ0v) is 12.9. The maximum absolute atomic E-state index is 14.5. The number of carbonyl (C=O) groups excluding carboxylic acids is 1. The quantitative estimate of drug-likeness (QED) is 0.618. The third kappa shape index (κ3) is 2.34. The Kier molecular flexibility index (Phi) is 4.45. The molecular weight excluding hydrogens is 329 g/mol. The van der Waals surface area contributed by atoms with Gasteiger partial charge in [0, 0.05) is 11.6 Å². The molecule has 0 radical (unpaired) electrons. The summed E-state index contributed by atoms with van der Waals surface area (Å²) in [5, 5.41) is 0. The normalized spacial score (nSPS) is 16.6. The van der Waals surface area contributed by atoms with Crippen LogP contribution < -0.4 is 9.47 Å². The van der Waals surface area contributed by atoms with Crippen molar-refractivity contribution in [1.29, 1.82) is 0 Å². The minimum atomic E-state index is -0.857. The van der Waals surface area contributed by atoms with E-state index < -0.39 is 11.4 Å². The molecule has 0 aliphatic heterocycles. The fourth-order valence-corrected chi connectivity index (χ4v) is 3.73. The first-order valence-electron chi connectivity index (χ1n) is 6.29. The molecule has 108 valence electrons. The second-order valence-corrected chi connectivity index (χ2v) is 5.52. The van der Waals surface area contributed by atoms with E-state index in [9.17, 15) is 9.18 Å². The van der Waals surface area contributed by atoms with E-state index in [1.165, 1.54) is 20.3 Å². The number of methoxy groups -OCH3 is 2. The van der Waals surface area contributed by atoms with Gasteiger partial charge in [0.15, 0.2) is 11.5 Å². The summed E-state index contributed by atoms with van der Waals surface area (Å²) in [5.74, 6) is 0.232. The number of nitrogens with zero attached hydrogens (tertiary/aromatic N) is 1. The van der Waals surface area contributed by atoms with Gasteiger partial charge < -0.3 is 9.47 Å².